The van der Waals surface area contributed by atoms with E-state index in [2.05, 4.69) is 5.32 Å². The molecular weight excluding hydrogens is 462 g/mol. The van der Waals surface area contributed by atoms with E-state index >= 15 is 0 Å². The van der Waals surface area contributed by atoms with E-state index in [0.29, 0.717) is 25.1 Å². The van der Waals surface area contributed by atoms with Crippen molar-refractivity contribution in [1.82, 2.24) is 10.2 Å². The quantitative estimate of drug-likeness (QED) is 0.451. The largest absolute Gasteiger partial charge is 0.352 e. The number of nitrogens with one attached hydrogen (secondary N) is 1. The van der Waals surface area contributed by atoms with Crippen LogP contribution in [-0.4, -0.2) is 56.6 Å². The van der Waals surface area contributed by atoms with Crippen LogP contribution in [0.25, 0.3) is 0 Å². The third-order valence-electron chi connectivity index (χ3n) is 6.13. The molecule has 8 heteroatoms. The lowest BCUT2D eigenvalue weighted by Crippen LogP contribution is -2.50. The Labute approximate surface area is 210 Å². The van der Waals surface area contributed by atoms with Gasteiger partial charge in [-0.25, -0.2) is 8.42 Å². The fraction of sp³-hybridized carbons (Fsp3) is 0.481. The zero-order valence-electron chi connectivity index (χ0n) is 21.5. The molecule has 0 aliphatic rings. The summed E-state index contributed by atoms with van der Waals surface area (Å²) in [6, 6.07) is 16.5. The third-order valence-corrected chi connectivity index (χ3v) is 7.32. The van der Waals surface area contributed by atoms with E-state index in [-0.39, 0.29) is 30.8 Å². The lowest BCUT2D eigenvalue weighted by Gasteiger charge is -2.30. The molecule has 0 aliphatic heterocycles. The molecule has 0 saturated carbocycles. The topological polar surface area (TPSA) is 86.8 Å². The summed E-state index contributed by atoms with van der Waals surface area (Å²) in [5, 5.41) is 2.96. The van der Waals surface area contributed by atoms with Gasteiger partial charge in [0.25, 0.3) is 0 Å². The van der Waals surface area contributed by atoms with Crippen molar-refractivity contribution >= 4 is 27.5 Å². The van der Waals surface area contributed by atoms with Gasteiger partial charge in [0.2, 0.25) is 21.8 Å². The average Bonchev–Trinajstić information content (AvgIpc) is 2.82. The number of carbonyl (C=O) groups is 2. The Morgan fingerprint density at radius 2 is 1.60 bits per heavy atom. The van der Waals surface area contributed by atoms with Crippen molar-refractivity contribution in [3.05, 3.63) is 65.7 Å². The van der Waals surface area contributed by atoms with Gasteiger partial charge in [0.05, 0.1) is 11.9 Å². The first kappa shape index (κ1) is 28.4. The van der Waals surface area contributed by atoms with Crippen LogP contribution in [0.2, 0.25) is 0 Å². The fourth-order valence-corrected chi connectivity index (χ4v) is 4.72. The maximum atomic E-state index is 13.3. The molecule has 2 aromatic rings. The lowest BCUT2D eigenvalue weighted by atomic mass is 10.1. The van der Waals surface area contributed by atoms with Gasteiger partial charge in [-0.05, 0) is 57.7 Å². The smallest absolute Gasteiger partial charge is 0.242 e. The molecule has 2 amide bonds. The number of aryl methyl sites for hydroxylation is 1. The number of anilines is 1. The van der Waals surface area contributed by atoms with Gasteiger partial charge in [0, 0.05) is 25.6 Å². The van der Waals surface area contributed by atoms with Crippen LogP contribution in [-0.2, 0) is 26.0 Å². The summed E-state index contributed by atoms with van der Waals surface area (Å²) >= 11 is 0. The van der Waals surface area contributed by atoms with Crippen molar-refractivity contribution in [2.75, 3.05) is 23.7 Å². The minimum absolute atomic E-state index is 0.0221. The molecule has 192 valence electrons. The number of carbonyl (C=O) groups excluding carboxylic acids is 2. The summed E-state index contributed by atoms with van der Waals surface area (Å²) in [4.78, 5) is 27.7. The summed E-state index contributed by atoms with van der Waals surface area (Å²) in [6.07, 6.45) is 3.10. The fourth-order valence-electron chi connectivity index (χ4n) is 3.75. The minimum atomic E-state index is -3.50. The van der Waals surface area contributed by atoms with Crippen molar-refractivity contribution in [2.24, 2.45) is 0 Å². The molecule has 7 nitrogen and oxygen atoms in total. The van der Waals surface area contributed by atoms with Gasteiger partial charge in [-0.1, -0.05) is 55.0 Å². The van der Waals surface area contributed by atoms with Gasteiger partial charge in [-0.15, -0.1) is 0 Å². The summed E-state index contributed by atoms with van der Waals surface area (Å²) in [5.41, 5.74) is 2.70. The van der Waals surface area contributed by atoms with Gasteiger partial charge in [-0.2, -0.15) is 0 Å². The predicted octanol–water partition coefficient (Wildman–Crippen LogP) is 3.92. The maximum absolute atomic E-state index is 13.3. The van der Waals surface area contributed by atoms with Crippen molar-refractivity contribution in [3.63, 3.8) is 0 Å². The van der Waals surface area contributed by atoms with E-state index in [4.69, 9.17) is 0 Å². The Morgan fingerprint density at radius 1 is 0.971 bits per heavy atom. The highest BCUT2D eigenvalue weighted by Gasteiger charge is 2.26. The summed E-state index contributed by atoms with van der Waals surface area (Å²) in [6.45, 7) is 8.21. The number of nitrogens with zero attached hydrogens (tertiary/aromatic N) is 2. The Kier molecular flexibility index (Phi) is 10.8. The van der Waals surface area contributed by atoms with Crippen molar-refractivity contribution in [2.45, 2.75) is 65.5 Å². The van der Waals surface area contributed by atoms with Crippen LogP contribution in [0.5, 0.6) is 0 Å². The van der Waals surface area contributed by atoms with Crippen LogP contribution in [0.1, 0.15) is 51.2 Å². The Hall–Kier alpha value is -2.87. The molecule has 0 heterocycles. The van der Waals surface area contributed by atoms with Crippen LogP contribution in [0, 0.1) is 6.92 Å². The van der Waals surface area contributed by atoms with Gasteiger partial charge >= 0.3 is 0 Å². The minimum Gasteiger partial charge on any atom is -0.352 e. The SMILES string of the molecule is CC[C@@H](C)NC(=O)[C@H](C)N(CCc1ccccc1)C(=O)CCCN(c1ccc(C)cc1)S(C)(=O)=O. The van der Waals surface area contributed by atoms with E-state index in [0.717, 1.165) is 17.5 Å². The molecule has 0 bridgehead atoms. The first-order valence-corrected chi connectivity index (χ1v) is 14.1. The van der Waals surface area contributed by atoms with E-state index in [1.807, 2.05) is 63.2 Å². The molecule has 0 aromatic heterocycles. The number of amides is 2. The zero-order chi connectivity index (χ0) is 26.0. The van der Waals surface area contributed by atoms with Gasteiger partial charge in [0.1, 0.15) is 6.04 Å². The molecule has 35 heavy (non-hydrogen) atoms. The molecule has 2 atom stereocenters. The van der Waals surface area contributed by atoms with Crippen molar-refractivity contribution in [1.29, 1.82) is 0 Å². The van der Waals surface area contributed by atoms with Crippen molar-refractivity contribution in [3.8, 4) is 0 Å². The van der Waals surface area contributed by atoms with Crippen LogP contribution >= 0.6 is 0 Å². The van der Waals surface area contributed by atoms with Crippen LogP contribution < -0.4 is 9.62 Å². The van der Waals surface area contributed by atoms with E-state index in [9.17, 15) is 18.0 Å². The van der Waals surface area contributed by atoms with Crippen molar-refractivity contribution < 1.29 is 18.0 Å². The van der Waals surface area contributed by atoms with E-state index in [1.54, 1.807) is 24.0 Å². The molecule has 0 saturated heterocycles. The number of hydrogen-bond donors (Lipinski definition) is 1. The zero-order valence-corrected chi connectivity index (χ0v) is 22.3. The van der Waals surface area contributed by atoms with E-state index in [1.165, 1.54) is 10.6 Å². The first-order valence-electron chi connectivity index (χ1n) is 12.2. The molecule has 0 unspecified atom stereocenters. The molecule has 2 aromatic carbocycles. The number of rotatable bonds is 13. The number of benzene rings is 2. The first-order chi connectivity index (χ1) is 16.5. The highest BCUT2D eigenvalue weighted by atomic mass is 32.2. The normalized spacial score (nSPS) is 13.1. The lowest BCUT2D eigenvalue weighted by molar-refractivity contribution is -0.140. The van der Waals surface area contributed by atoms with Gasteiger partial charge in [-0.3, -0.25) is 13.9 Å². The number of hydrogen-bond acceptors (Lipinski definition) is 4. The van der Waals surface area contributed by atoms with Crippen LogP contribution in [0.4, 0.5) is 5.69 Å². The van der Waals surface area contributed by atoms with Gasteiger partial charge < -0.3 is 10.2 Å². The monoisotopic (exact) mass is 501 g/mol. The summed E-state index contributed by atoms with van der Waals surface area (Å²) in [5.74, 6) is -0.344. The standard InChI is InChI=1S/C27H39N3O4S/c1-6-22(3)28-27(32)23(4)29(20-18-24-11-8-7-9-12-24)26(31)13-10-19-30(35(5,33)34)25-16-14-21(2)15-17-25/h7-9,11-12,14-17,22-23H,6,10,13,18-20H2,1-5H3,(H,28,32)/t22-,23+/m1/s1. The number of sulfonamides is 1. The van der Waals surface area contributed by atoms with Gasteiger partial charge in [0.15, 0.2) is 0 Å². The molecule has 0 fully saturated rings. The Balaban J connectivity index is 2.10. The predicted molar refractivity (Wildman–Crippen MR) is 142 cm³/mol. The highest BCUT2D eigenvalue weighted by Crippen LogP contribution is 2.19. The van der Waals surface area contributed by atoms with Crippen LogP contribution in [0.15, 0.2) is 54.6 Å². The Bertz CT molecular complexity index is 1060. The molecule has 1 N–H and O–H groups in total. The summed E-state index contributed by atoms with van der Waals surface area (Å²) in [7, 11) is -3.50. The summed E-state index contributed by atoms with van der Waals surface area (Å²) < 4.78 is 26.1. The second-order valence-corrected chi connectivity index (χ2v) is 11.0. The molecule has 2 rings (SSSR count). The molecular formula is C27H39N3O4S. The average molecular weight is 502 g/mol. The maximum Gasteiger partial charge on any atom is 0.242 e. The second-order valence-electron chi connectivity index (χ2n) is 9.09. The third kappa shape index (κ3) is 9.02. The second kappa shape index (κ2) is 13.3. The molecule has 0 radical (unpaired) electrons. The molecule has 0 aliphatic carbocycles. The van der Waals surface area contributed by atoms with E-state index < -0.39 is 16.1 Å². The highest BCUT2D eigenvalue weighted by molar-refractivity contribution is 7.92. The molecule has 0 spiro atoms. The Morgan fingerprint density at radius 3 is 2.17 bits per heavy atom. The van der Waals surface area contributed by atoms with Crippen LogP contribution in [0.3, 0.4) is 0 Å².